The van der Waals surface area contributed by atoms with Gasteiger partial charge in [-0.2, -0.15) is 0 Å². The number of allylic oxidation sites excluding steroid dienone is 1. The van der Waals surface area contributed by atoms with Crippen LogP contribution < -0.4 is 0 Å². The van der Waals surface area contributed by atoms with Gasteiger partial charge in [-0.3, -0.25) is 4.79 Å². The lowest BCUT2D eigenvalue weighted by atomic mass is 9.92. The van der Waals surface area contributed by atoms with Gasteiger partial charge in [0.2, 0.25) is 5.90 Å². The molecule has 1 aliphatic carbocycles. The summed E-state index contributed by atoms with van der Waals surface area (Å²) in [5.74, 6) is -1.31. The van der Waals surface area contributed by atoms with Crippen molar-refractivity contribution in [3.05, 3.63) is 59.4 Å². The molecule has 3 atom stereocenters. The van der Waals surface area contributed by atoms with Gasteiger partial charge in [-0.15, -0.1) is 0 Å². The van der Waals surface area contributed by atoms with Gasteiger partial charge < -0.3 is 9.84 Å². The lowest BCUT2D eigenvalue weighted by molar-refractivity contribution is -0.139. The molecule has 1 aliphatic heterocycles. The number of carboxylic acids is 1. The van der Waals surface area contributed by atoms with Gasteiger partial charge in [0.25, 0.3) is 0 Å². The van der Waals surface area contributed by atoms with Crippen LogP contribution in [-0.4, -0.2) is 29.1 Å². The zero-order valence-corrected chi connectivity index (χ0v) is 11.4. The first kappa shape index (κ1) is 13.5. The van der Waals surface area contributed by atoms with E-state index in [0.717, 1.165) is 5.57 Å². The lowest BCUT2D eigenvalue weighted by Gasteiger charge is -2.18. The average Bonchev–Trinajstić information content (AvgIpc) is 2.89. The number of aliphatic carboxylic acids is 1. The smallest absolute Gasteiger partial charge is 0.310 e. The highest BCUT2D eigenvalue weighted by molar-refractivity contribution is 5.95. The van der Waals surface area contributed by atoms with Crippen LogP contribution in [0.15, 0.2) is 53.1 Å². The monoisotopic (exact) mass is 287 g/mol. The summed E-state index contributed by atoms with van der Waals surface area (Å²) in [6, 6.07) is 5.70. The number of carbonyl (C=O) groups is 1. The van der Waals surface area contributed by atoms with E-state index in [1.807, 2.05) is 12.2 Å². The SMILES string of the molecule is CC(C(=O)O)C1=CC2N=C(c3ccc(F)cc3)OC2C=C1. The number of hydrogen-bond acceptors (Lipinski definition) is 3. The van der Waals surface area contributed by atoms with Crippen molar-refractivity contribution in [1.82, 2.24) is 0 Å². The molecule has 0 bridgehead atoms. The van der Waals surface area contributed by atoms with Crippen molar-refractivity contribution in [2.75, 3.05) is 0 Å². The first-order chi connectivity index (χ1) is 10.0. The third-order valence-electron chi connectivity index (χ3n) is 3.65. The second-order valence-electron chi connectivity index (χ2n) is 5.10. The highest BCUT2D eigenvalue weighted by atomic mass is 19.1. The summed E-state index contributed by atoms with van der Waals surface area (Å²) in [7, 11) is 0. The Kier molecular flexibility index (Phi) is 3.33. The van der Waals surface area contributed by atoms with E-state index in [4.69, 9.17) is 9.84 Å². The van der Waals surface area contributed by atoms with E-state index in [2.05, 4.69) is 4.99 Å². The Labute approximate surface area is 121 Å². The molecular weight excluding hydrogens is 273 g/mol. The fraction of sp³-hybridized carbons (Fsp3) is 0.250. The van der Waals surface area contributed by atoms with Crippen LogP contribution in [0.5, 0.6) is 0 Å². The fourth-order valence-electron chi connectivity index (χ4n) is 2.35. The lowest BCUT2D eigenvalue weighted by Crippen LogP contribution is -2.23. The van der Waals surface area contributed by atoms with Crippen molar-refractivity contribution < 1.29 is 19.0 Å². The van der Waals surface area contributed by atoms with Crippen LogP contribution in [0.2, 0.25) is 0 Å². The molecule has 1 aromatic rings. The second-order valence-corrected chi connectivity index (χ2v) is 5.10. The Morgan fingerprint density at radius 1 is 1.38 bits per heavy atom. The molecule has 3 rings (SSSR count). The molecule has 21 heavy (non-hydrogen) atoms. The predicted octanol–water partition coefficient (Wildman–Crippen LogP) is 2.56. The van der Waals surface area contributed by atoms with Crippen LogP contribution in [0.4, 0.5) is 4.39 Å². The molecule has 0 saturated carbocycles. The highest BCUT2D eigenvalue weighted by Crippen LogP contribution is 2.28. The standard InChI is InChI=1S/C16H14FNO3/c1-9(16(19)20)11-4-7-14-13(8-11)18-15(21-14)10-2-5-12(17)6-3-10/h2-9,13-14H,1H3,(H,19,20). The van der Waals surface area contributed by atoms with Gasteiger partial charge in [0.1, 0.15) is 18.0 Å². The van der Waals surface area contributed by atoms with Crippen molar-refractivity contribution in [2.45, 2.75) is 19.1 Å². The van der Waals surface area contributed by atoms with Gasteiger partial charge in [0.15, 0.2) is 0 Å². The predicted molar refractivity (Wildman–Crippen MR) is 75.6 cm³/mol. The summed E-state index contributed by atoms with van der Waals surface area (Å²) in [6.45, 7) is 1.64. The largest absolute Gasteiger partial charge is 0.481 e. The fourth-order valence-corrected chi connectivity index (χ4v) is 2.35. The number of nitrogens with zero attached hydrogens (tertiary/aromatic N) is 1. The minimum absolute atomic E-state index is 0.227. The van der Waals surface area contributed by atoms with Crippen LogP contribution in [-0.2, 0) is 9.53 Å². The maximum absolute atomic E-state index is 12.9. The summed E-state index contributed by atoms with van der Waals surface area (Å²) >= 11 is 0. The molecule has 108 valence electrons. The Morgan fingerprint density at radius 2 is 2.10 bits per heavy atom. The summed E-state index contributed by atoms with van der Waals surface area (Å²) < 4.78 is 18.7. The van der Waals surface area contributed by atoms with Crippen LogP contribution >= 0.6 is 0 Å². The van der Waals surface area contributed by atoms with E-state index in [-0.39, 0.29) is 18.0 Å². The summed E-state index contributed by atoms with van der Waals surface area (Å²) in [6.07, 6.45) is 5.18. The van der Waals surface area contributed by atoms with E-state index >= 15 is 0 Å². The van der Waals surface area contributed by atoms with Gasteiger partial charge in [-0.1, -0.05) is 12.2 Å². The second kappa shape index (κ2) is 5.16. The Balaban J connectivity index is 1.85. The molecule has 5 heteroatoms. The average molecular weight is 287 g/mol. The van der Waals surface area contributed by atoms with Gasteiger partial charge in [-0.05, 0) is 42.8 Å². The van der Waals surface area contributed by atoms with Crippen molar-refractivity contribution in [1.29, 1.82) is 0 Å². The number of hydrogen-bond donors (Lipinski definition) is 1. The van der Waals surface area contributed by atoms with Gasteiger partial charge in [0, 0.05) is 5.56 Å². The number of carboxylic acid groups (broad SMARTS) is 1. The zero-order valence-electron chi connectivity index (χ0n) is 11.4. The van der Waals surface area contributed by atoms with E-state index in [9.17, 15) is 9.18 Å². The number of halogens is 1. The third kappa shape index (κ3) is 2.59. The van der Waals surface area contributed by atoms with Crippen LogP contribution in [0.3, 0.4) is 0 Å². The van der Waals surface area contributed by atoms with Crippen molar-refractivity contribution in [2.24, 2.45) is 10.9 Å². The zero-order chi connectivity index (χ0) is 15.0. The van der Waals surface area contributed by atoms with Crippen molar-refractivity contribution in [3.8, 4) is 0 Å². The Morgan fingerprint density at radius 3 is 2.76 bits per heavy atom. The summed E-state index contributed by atoms with van der Waals surface area (Å²) in [4.78, 5) is 15.5. The van der Waals surface area contributed by atoms with E-state index in [1.54, 1.807) is 25.1 Å². The molecule has 0 radical (unpaired) electrons. The quantitative estimate of drug-likeness (QED) is 0.929. The van der Waals surface area contributed by atoms with Gasteiger partial charge in [-0.25, -0.2) is 9.38 Å². The highest BCUT2D eigenvalue weighted by Gasteiger charge is 2.32. The maximum atomic E-state index is 12.9. The molecule has 0 amide bonds. The van der Waals surface area contributed by atoms with Crippen LogP contribution in [0.25, 0.3) is 0 Å². The number of rotatable bonds is 3. The summed E-state index contributed by atoms with van der Waals surface area (Å²) in [5.41, 5.74) is 1.43. The van der Waals surface area contributed by atoms with Gasteiger partial charge >= 0.3 is 5.97 Å². The Hall–Kier alpha value is -2.43. The molecule has 0 aromatic heterocycles. The van der Waals surface area contributed by atoms with Crippen LogP contribution in [0.1, 0.15) is 12.5 Å². The molecular formula is C16H14FNO3. The summed E-state index contributed by atoms with van der Waals surface area (Å²) in [5, 5.41) is 9.05. The first-order valence-corrected chi connectivity index (χ1v) is 6.68. The number of aliphatic imine (C=N–C) groups is 1. The number of fused-ring (bicyclic) bond motifs is 1. The van der Waals surface area contributed by atoms with E-state index in [0.29, 0.717) is 11.5 Å². The first-order valence-electron chi connectivity index (χ1n) is 6.68. The van der Waals surface area contributed by atoms with Crippen LogP contribution in [0, 0.1) is 11.7 Å². The Bertz CT molecular complexity index is 661. The van der Waals surface area contributed by atoms with Crippen molar-refractivity contribution >= 4 is 11.9 Å². The third-order valence-corrected chi connectivity index (χ3v) is 3.65. The number of ether oxygens (including phenoxy) is 1. The molecule has 1 aromatic carbocycles. The van der Waals surface area contributed by atoms with E-state index in [1.165, 1.54) is 12.1 Å². The minimum Gasteiger partial charge on any atom is -0.481 e. The normalized spacial score (nSPS) is 24.7. The molecule has 4 nitrogen and oxygen atoms in total. The molecule has 2 aliphatic rings. The molecule has 0 spiro atoms. The minimum atomic E-state index is -0.869. The molecule has 3 unspecified atom stereocenters. The number of benzene rings is 1. The molecule has 1 heterocycles. The maximum Gasteiger partial charge on any atom is 0.310 e. The van der Waals surface area contributed by atoms with Crippen molar-refractivity contribution in [3.63, 3.8) is 0 Å². The van der Waals surface area contributed by atoms with Gasteiger partial charge in [0.05, 0.1) is 5.92 Å². The molecule has 0 fully saturated rings. The molecule has 1 N–H and O–H groups in total. The van der Waals surface area contributed by atoms with E-state index < -0.39 is 11.9 Å². The topological polar surface area (TPSA) is 58.9 Å². The molecule has 0 saturated heterocycles.